The number of nitrogens with one attached hydrogen (secondary N) is 2. The van der Waals surface area contributed by atoms with E-state index in [-0.39, 0.29) is 11.1 Å². The number of ether oxygens (including phenoxy) is 1. The molecular weight excluding hydrogens is 388 g/mol. The Balaban J connectivity index is 0.000000656. The minimum absolute atomic E-state index is 0.113. The van der Waals surface area contributed by atoms with E-state index in [1.165, 1.54) is 5.56 Å². The minimum Gasteiger partial charge on any atom is -0.491 e. The van der Waals surface area contributed by atoms with Crippen LogP contribution in [0, 0.1) is 0 Å². The first-order chi connectivity index (χ1) is 13.8. The van der Waals surface area contributed by atoms with E-state index < -0.39 is 18.0 Å². The van der Waals surface area contributed by atoms with E-state index >= 15 is 0 Å². The summed E-state index contributed by atoms with van der Waals surface area (Å²) in [5, 5.41) is 32.2. The molecule has 0 amide bonds. The van der Waals surface area contributed by atoms with Gasteiger partial charge in [0, 0.05) is 23.7 Å². The van der Waals surface area contributed by atoms with E-state index in [4.69, 9.17) is 24.5 Å². The zero-order valence-electron chi connectivity index (χ0n) is 18.6. The van der Waals surface area contributed by atoms with Gasteiger partial charge in [-0.15, -0.1) is 0 Å². The Labute approximate surface area is 178 Å². The standard InChI is InChI=1S/C20H34N2O2.C2H2O4/c1-6-15-8-7-9-18(10-15)24-14-17(23)13-21-16-11-19(2,3)22-20(4,5)12-16;3-1(4)2(5)6/h7-10,16-17,21-23H,6,11-14H2,1-5H3;(H,3,4)(H,5,6). The topological polar surface area (TPSA) is 128 Å². The van der Waals surface area contributed by atoms with Gasteiger partial charge in [0.1, 0.15) is 18.5 Å². The van der Waals surface area contributed by atoms with Crippen molar-refractivity contribution >= 4 is 11.9 Å². The zero-order chi connectivity index (χ0) is 22.9. The van der Waals surface area contributed by atoms with E-state index in [0.29, 0.717) is 19.2 Å². The summed E-state index contributed by atoms with van der Waals surface area (Å²) in [6, 6.07) is 8.48. The van der Waals surface area contributed by atoms with E-state index in [1.54, 1.807) is 0 Å². The van der Waals surface area contributed by atoms with Gasteiger partial charge in [0.15, 0.2) is 0 Å². The lowest BCUT2D eigenvalue weighted by Crippen LogP contribution is -2.62. The summed E-state index contributed by atoms with van der Waals surface area (Å²) in [4.78, 5) is 18.2. The summed E-state index contributed by atoms with van der Waals surface area (Å²) in [7, 11) is 0. The fourth-order valence-electron chi connectivity index (χ4n) is 3.88. The van der Waals surface area contributed by atoms with E-state index in [1.807, 2.05) is 18.2 Å². The third-order valence-corrected chi connectivity index (χ3v) is 4.76. The van der Waals surface area contributed by atoms with Gasteiger partial charge in [0.2, 0.25) is 0 Å². The highest BCUT2D eigenvalue weighted by atomic mass is 16.5. The van der Waals surface area contributed by atoms with Gasteiger partial charge in [-0.1, -0.05) is 19.1 Å². The average Bonchev–Trinajstić information content (AvgIpc) is 2.63. The SMILES string of the molecule is CCc1cccc(OCC(O)CNC2CC(C)(C)NC(C)(C)C2)c1.O=C(O)C(=O)O. The van der Waals surface area contributed by atoms with Crippen molar-refractivity contribution in [1.29, 1.82) is 0 Å². The Hall–Kier alpha value is -2.16. The van der Waals surface area contributed by atoms with E-state index in [9.17, 15) is 5.11 Å². The van der Waals surface area contributed by atoms with Crippen LogP contribution >= 0.6 is 0 Å². The molecule has 170 valence electrons. The zero-order valence-corrected chi connectivity index (χ0v) is 18.6. The lowest BCUT2D eigenvalue weighted by molar-refractivity contribution is -0.159. The van der Waals surface area contributed by atoms with Gasteiger partial charge in [-0.3, -0.25) is 0 Å². The number of hydrogen-bond acceptors (Lipinski definition) is 6. The van der Waals surface area contributed by atoms with Crippen molar-refractivity contribution in [3.8, 4) is 5.75 Å². The maximum Gasteiger partial charge on any atom is 0.414 e. The largest absolute Gasteiger partial charge is 0.491 e. The van der Waals surface area contributed by atoms with Crippen LogP contribution in [0.15, 0.2) is 24.3 Å². The van der Waals surface area contributed by atoms with Crippen LogP contribution in [0.25, 0.3) is 0 Å². The highest BCUT2D eigenvalue weighted by molar-refractivity contribution is 6.27. The van der Waals surface area contributed by atoms with Crippen LogP contribution < -0.4 is 15.4 Å². The summed E-state index contributed by atoms with van der Waals surface area (Å²) in [5.74, 6) is -2.82. The molecule has 0 saturated carbocycles. The number of aryl methyl sites for hydroxylation is 1. The number of carboxylic acid groups (broad SMARTS) is 2. The van der Waals surface area contributed by atoms with Crippen LogP contribution in [0.4, 0.5) is 0 Å². The summed E-state index contributed by atoms with van der Waals surface area (Å²) in [6.07, 6.45) is 2.60. The second-order valence-electron chi connectivity index (χ2n) is 8.98. The molecule has 1 saturated heterocycles. The van der Waals surface area contributed by atoms with Crippen molar-refractivity contribution in [3.63, 3.8) is 0 Å². The van der Waals surface area contributed by atoms with Crippen molar-refractivity contribution in [1.82, 2.24) is 10.6 Å². The normalized spacial score (nSPS) is 18.6. The molecule has 1 aromatic rings. The van der Waals surface area contributed by atoms with E-state index in [2.05, 4.69) is 51.3 Å². The molecule has 1 heterocycles. The monoisotopic (exact) mass is 424 g/mol. The third-order valence-electron chi connectivity index (χ3n) is 4.76. The second-order valence-corrected chi connectivity index (χ2v) is 8.98. The van der Waals surface area contributed by atoms with Crippen LogP contribution in [0.3, 0.4) is 0 Å². The Kier molecular flexibility index (Phi) is 9.74. The van der Waals surface area contributed by atoms with Crippen LogP contribution in [0.2, 0.25) is 0 Å². The number of aliphatic hydroxyl groups is 1. The third kappa shape index (κ3) is 10.0. The van der Waals surface area contributed by atoms with Crippen LogP contribution in [-0.2, 0) is 16.0 Å². The first kappa shape index (κ1) is 25.9. The lowest BCUT2D eigenvalue weighted by atomic mass is 9.79. The van der Waals surface area contributed by atoms with Crippen molar-refractivity contribution in [3.05, 3.63) is 29.8 Å². The van der Waals surface area contributed by atoms with Gasteiger partial charge in [-0.2, -0.15) is 0 Å². The Bertz CT molecular complexity index is 677. The maximum atomic E-state index is 10.2. The molecule has 1 aromatic carbocycles. The highest BCUT2D eigenvalue weighted by Gasteiger charge is 2.37. The maximum absolute atomic E-state index is 10.2. The van der Waals surface area contributed by atoms with Crippen LogP contribution in [0.1, 0.15) is 53.0 Å². The molecule has 1 aliphatic heterocycles. The number of carboxylic acids is 2. The fraction of sp³-hybridized carbons (Fsp3) is 0.636. The van der Waals surface area contributed by atoms with Gasteiger partial charge in [-0.05, 0) is 64.7 Å². The van der Waals surface area contributed by atoms with Gasteiger partial charge >= 0.3 is 11.9 Å². The Morgan fingerprint density at radius 3 is 2.23 bits per heavy atom. The Morgan fingerprint density at radius 2 is 1.73 bits per heavy atom. The van der Waals surface area contributed by atoms with Gasteiger partial charge < -0.3 is 30.7 Å². The second kappa shape index (κ2) is 11.3. The average molecular weight is 425 g/mol. The molecule has 0 radical (unpaired) electrons. The van der Waals surface area contributed by atoms with Crippen molar-refractivity contribution < 1.29 is 29.6 Å². The molecule has 1 aliphatic rings. The summed E-state index contributed by atoms with van der Waals surface area (Å²) in [6.45, 7) is 12.0. The quantitative estimate of drug-likeness (QED) is 0.421. The lowest BCUT2D eigenvalue weighted by Gasteiger charge is -2.47. The molecule has 0 bridgehead atoms. The van der Waals surface area contributed by atoms with Gasteiger partial charge in [0.25, 0.3) is 0 Å². The number of carbonyl (C=O) groups is 2. The molecule has 1 unspecified atom stereocenters. The predicted molar refractivity (Wildman–Crippen MR) is 115 cm³/mol. The predicted octanol–water partition coefficient (Wildman–Crippen LogP) is 2.04. The van der Waals surface area contributed by atoms with E-state index in [0.717, 1.165) is 25.0 Å². The number of aliphatic carboxylic acids is 2. The highest BCUT2D eigenvalue weighted by Crippen LogP contribution is 2.28. The number of rotatable bonds is 7. The molecule has 2 rings (SSSR count). The first-order valence-corrected chi connectivity index (χ1v) is 10.2. The molecule has 0 aliphatic carbocycles. The van der Waals surface area contributed by atoms with Crippen molar-refractivity contribution in [2.75, 3.05) is 13.2 Å². The number of benzene rings is 1. The van der Waals surface area contributed by atoms with Crippen LogP contribution in [0.5, 0.6) is 5.75 Å². The Morgan fingerprint density at radius 1 is 1.17 bits per heavy atom. The number of hydrogen-bond donors (Lipinski definition) is 5. The summed E-state index contributed by atoms with van der Waals surface area (Å²) in [5.41, 5.74) is 1.47. The molecule has 5 N–H and O–H groups in total. The number of piperidine rings is 1. The summed E-state index contributed by atoms with van der Waals surface area (Å²) < 4.78 is 5.73. The van der Waals surface area contributed by atoms with Crippen LogP contribution in [-0.4, -0.2) is 63.6 Å². The van der Waals surface area contributed by atoms with Gasteiger partial charge in [-0.25, -0.2) is 9.59 Å². The molecule has 0 spiro atoms. The molecular formula is C22H36N2O6. The molecule has 30 heavy (non-hydrogen) atoms. The molecule has 1 atom stereocenters. The van der Waals surface area contributed by atoms with Crippen molar-refractivity contribution in [2.24, 2.45) is 0 Å². The molecule has 8 heteroatoms. The molecule has 1 fully saturated rings. The fourth-order valence-corrected chi connectivity index (χ4v) is 3.88. The summed E-state index contributed by atoms with van der Waals surface area (Å²) >= 11 is 0. The molecule has 8 nitrogen and oxygen atoms in total. The van der Waals surface area contributed by atoms with Crippen molar-refractivity contribution in [2.45, 2.75) is 77.1 Å². The number of aliphatic hydroxyl groups excluding tert-OH is 1. The smallest absolute Gasteiger partial charge is 0.414 e. The first-order valence-electron chi connectivity index (χ1n) is 10.2. The molecule has 0 aromatic heterocycles. The van der Waals surface area contributed by atoms with Gasteiger partial charge in [0.05, 0.1) is 0 Å². The minimum atomic E-state index is -1.82.